The molecule has 1 atom stereocenters. The first kappa shape index (κ1) is 13.9. The van der Waals surface area contributed by atoms with E-state index in [1.165, 1.54) is 28.7 Å². The quantitative estimate of drug-likeness (QED) is 0.943. The van der Waals surface area contributed by atoms with Crippen molar-refractivity contribution in [2.45, 2.75) is 38.5 Å². The van der Waals surface area contributed by atoms with Crippen molar-refractivity contribution in [3.8, 4) is 0 Å². The highest BCUT2D eigenvalue weighted by molar-refractivity contribution is 7.19. The van der Waals surface area contributed by atoms with Crippen molar-refractivity contribution in [1.29, 1.82) is 0 Å². The molecule has 5 nitrogen and oxygen atoms in total. The number of carbonyl (C=O) groups excluding carboxylic acids is 1. The molecular formula is C16H20N4OS. The number of carbonyl (C=O) groups is 1. The Balaban J connectivity index is 1.70. The number of fused-ring (bicyclic) bond motifs is 3. The van der Waals surface area contributed by atoms with E-state index >= 15 is 0 Å². The molecule has 0 saturated carbocycles. The minimum atomic E-state index is -0.198. The Morgan fingerprint density at radius 3 is 3.14 bits per heavy atom. The predicted molar refractivity (Wildman–Crippen MR) is 88.2 cm³/mol. The van der Waals surface area contributed by atoms with Crippen molar-refractivity contribution in [3.63, 3.8) is 0 Å². The number of hydrogen-bond acceptors (Lipinski definition) is 5. The van der Waals surface area contributed by atoms with Gasteiger partial charge in [0.05, 0.1) is 5.39 Å². The second-order valence-corrected chi connectivity index (χ2v) is 7.44. The third kappa shape index (κ3) is 2.35. The number of nitrogens with two attached hydrogens (primary N) is 1. The third-order valence-corrected chi connectivity index (χ3v) is 5.99. The molecule has 0 spiro atoms. The fourth-order valence-electron chi connectivity index (χ4n) is 3.86. The summed E-state index contributed by atoms with van der Waals surface area (Å²) in [6, 6.07) is 0. The minimum absolute atomic E-state index is 0.198. The zero-order valence-corrected chi connectivity index (χ0v) is 13.4. The van der Waals surface area contributed by atoms with Crippen LogP contribution in [-0.4, -0.2) is 29.0 Å². The van der Waals surface area contributed by atoms with Crippen LogP contribution in [0.4, 0.5) is 5.82 Å². The monoisotopic (exact) mass is 316 g/mol. The van der Waals surface area contributed by atoms with Crippen LogP contribution in [0.2, 0.25) is 0 Å². The zero-order chi connectivity index (χ0) is 15.1. The van der Waals surface area contributed by atoms with E-state index in [1.807, 2.05) is 11.3 Å². The molecule has 2 aliphatic rings. The van der Waals surface area contributed by atoms with Crippen LogP contribution in [0, 0.1) is 5.92 Å². The van der Waals surface area contributed by atoms with Crippen molar-refractivity contribution < 1.29 is 4.79 Å². The van der Waals surface area contributed by atoms with Gasteiger partial charge in [-0.15, -0.1) is 11.3 Å². The molecule has 1 saturated heterocycles. The van der Waals surface area contributed by atoms with Gasteiger partial charge in [-0.1, -0.05) is 0 Å². The topological polar surface area (TPSA) is 72.1 Å². The molecule has 1 fully saturated rings. The number of aromatic nitrogens is 2. The maximum absolute atomic E-state index is 11.2. The number of thiophene rings is 1. The molecule has 0 aromatic carbocycles. The Hall–Kier alpha value is -1.69. The van der Waals surface area contributed by atoms with E-state index in [1.54, 1.807) is 6.33 Å². The lowest BCUT2D eigenvalue weighted by Gasteiger charge is -2.33. The summed E-state index contributed by atoms with van der Waals surface area (Å²) in [6.45, 7) is 1.88. The van der Waals surface area contributed by atoms with Crippen LogP contribution < -0.4 is 10.6 Å². The molecule has 1 aliphatic carbocycles. The van der Waals surface area contributed by atoms with Crippen LogP contribution in [0.25, 0.3) is 10.2 Å². The summed E-state index contributed by atoms with van der Waals surface area (Å²) in [6.07, 6.45) is 7.91. The Bertz CT molecular complexity index is 726. The van der Waals surface area contributed by atoms with Gasteiger partial charge in [-0.25, -0.2) is 9.97 Å². The molecule has 1 aliphatic heterocycles. The Morgan fingerprint density at radius 2 is 2.27 bits per heavy atom. The smallest absolute Gasteiger partial charge is 0.217 e. The van der Waals surface area contributed by atoms with E-state index in [4.69, 9.17) is 5.73 Å². The summed E-state index contributed by atoms with van der Waals surface area (Å²) in [4.78, 5) is 25.2. The summed E-state index contributed by atoms with van der Waals surface area (Å²) in [7, 11) is 0. The van der Waals surface area contributed by atoms with Crippen LogP contribution in [0.3, 0.4) is 0 Å². The van der Waals surface area contributed by atoms with Crippen LogP contribution >= 0.6 is 11.3 Å². The molecule has 116 valence electrons. The van der Waals surface area contributed by atoms with E-state index in [9.17, 15) is 4.79 Å². The van der Waals surface area contributed by atoms with Gasteiger partial charge in [0, 0.05) is 24.4 Å². The highest BCUT2D eigenvalue weighted by Gasteiger charge is 2.27. The lowest BCUT2D eigenvalue weighted by Crippen LogP contribution is -2.37. The first-order chi connectivity index (χ1) is 10.7. The van der Waals surface area contributed by atoms with E-state index in [0.29, 0.717) is 12.3 Å². The normalized spacial score (nSPS) is 21.3. The van der Waals surface area contributed by atoms with E-state index < -0.39 is 0 Å². The Kier molecular flexibility index (Phi) is 3.48. The molecule has 22 heavy (non-hydrogen) atoms. The maximum Gasteiger partial charge on any atom is 0.217 e. The van der Waals surface area contributed by atoms with Crippen molar-refractivity contribution >= 4 is 33.3 Å². The number of aryl methyl sites for hydroxylation is 2. The van der Waals surface area contributed by atoms with Gasteiger partial charge in [0.25, 0.3) is 0 Å². The molecule has 0 radical (unpaired) electrons. The first-order valence-corrected chi connectivity index (χ1v) is 8.82. The molecule has 4 rings (SSSR count). The zero-order valence-electron chi connectivity index (χ0n) is 12.5. The van der Waals surface area contributed by atoms with Gasteiger partial charge < -0.3 is 10.6 Å². The van der Waals surface area contributed by atoms with Gasteiger partial charge in [0.15, 0.2) is 0 Å². The SMILES string of the molecule is NC(=O)CC1CCCN(c2ncnc3sc4c(c23)CCC4)C1. The molecule has 6 heteroatoms. The standard InChI is InChI=1S/C16H20N4OS/c17-13(21)7-10-3-2-6-20(8-10)15-14-11-4-1-5-12(11)22-16(14)19-9-18-15/h9-10H,1-8H2,(H2,17,21). The van der Waals surface area contributed by atoms with Gasteiger partial charge in [-0.3, -0.25) is 4.79 Å². The number of anilines is 1. The van der Waals surface area contributed by atoms with E-state index in [2.05, 4.69) is 14.9 Å². The molecule has 3 heterocycles. The minimum Gasteiger partial charge on any atom is -0.370 e. The molecule has 0 bridgehead atoms. The first-order valence-electron chi connectivity index (χ1n) is 8.01. The number of rotatable bonds is 3. The fourth-order valence-corrected chi connectivity index (χ4v) is 5.08. The van der Waals surface area contributed by atoms with Crippen LogP contribution in [-0.2, 0) is 17.6 Å². The van der Waals surface area contributed by atoms with Crippen molar-refractivity contribution in [3.05, 3.63) is 16.8 Å². The Morgan fingerprint density at radius 1 is 1.36 bits per heavy atom. The molecule has 1 unspecified atom stereocenters. The summed E-state index contributed by atoms with van der Waals surface area (Å²) >= 11 is 1.82. The van der Waals surface area contributed by atoms with Crippen molar-refractivity contribution in [1.82, 2.24) is 9.97 Å². The number of piperidine rings is 1. The maximum atomic E-state index is 11.2. The van der Waals surface area contributed by atoms with Gasteiger partial charge in [0.1, 0.15) is 17.0 Å². The number of hydrogen-bond donors (Lipinski definition) is 1. The number of primary amides is 1. The molecule has 2 aromatic rings. The van der Waals surface area contributed by atoms with Crippen molar-refractivity contribution in [2.24, 2.45) is 11.7 Å². The number of nitrogens with zero attached hydrogens (tertiary/aromatic N) is 3. The Labute approximate surface area is 133 Å². The summed E-state index contributed by atoms with van der Waals surface area (Å²) < 4.78 is 0. The highest BCUT2D eigenvalue weighted by atomic mass is 32.1. The highest BCUT2D eigenvalue weighted by Crippen LogP contribution is 2.40. The summed E-state index contributed by atoms with van der Waals surface area (Å²) in [5.74, 6) is 1.22. The average Bonchev–Trinajstić information content (AvgIpc) is 3.06. The fraction of sp³-hybridized carbons (Fsp3) is 0.562. The average molecular weight is 316 g/mol. The van der Waals surface area contributed by atoms with E-state index in [0.717, 1.165) is 43.0 Å². The second-order valence-electron chi connectivity index (χ2n) is 6.36. The summed E-state index contributed by atoms with van der Waals surface area (Å²) in [5.41, 5.74) is 6.84. The lowest BCUT2D eigenvalue weighted by molar-refractivity contribution is -0.118. The van der Waals surface area contributed by atoms with Crippen LogP contribution in [0.1, 0.15) is 36.1 Å². The van der Waals surface area contributed by atoms with Gasteiger partial charge in [-0.05, 0) is 43.6 Å². The largest absolute Gasteiger partial charge is 0.370 e. The molecule has 1 amide bonds. The third-order valence-electron chi connectivity index (χ3n) is 4.79. The second kappa shape index (κ2) is 5.50. The van der Waals surface area contributed by atoms with Crippen LogP contribution in [0.15, 0.2) is 6.33 Å². The van der Waals surface area contributed by atoms with Gasteiger partial charge >= 0.3 is 0 Å². The predicted octanol–water partition coefficient (Wildman–Crippen LogP) is 2.27. The van der Waals surface area contributed by atoms with Crippen molar-refractivity contribution in [2.75, 3.05) is 18.0 Å². The molecule has 2 aromatic heterocycles. The van der Waals surface area contributed by atoms with Gasteiger partial charge in [-0.2, -0.15) is 0 Å². The van der Waals surface area contributed by atoms with Crippen LogP contribution in [0.5, 0.6) is 0 Å². The summed E-state index contributed by atoms with van der Waals surface area (Å²) in [5, 5.41) is 1.26. The van der Waals surface area contributed by atoms with Gasteiger partial charge in [0.2, 0.25) is 5.91 Å². The number of amides is 1. The van der Waals surface area contributed by atoms with E-state index in [-0.39, 0.29) is 5.91 Å². The lowest BCUT2D eigenvalue weighted by atomic mass is 9.94. The molecule has 2 N–H and O–H groups in total. The molecular weight excluding hydrogens is 296 g/mol.